The molecule has 0 fully saturated rings. The molecule has 0 spiro atoms. The summed E-state index contributed by atoms with van der Waals surface area (Å²) < 4.78 is 6.55. The predicted molar refractivity (Wildman–Crippen MR) is 86.2 cm³/mol. The molecular weight excluding hydrogens is 300 g/mol. The van der Waals surface area contributed by atoms with Crippen LogP contribution in [0, 0.1) is 0 Å². The van der Waals surface area contributed by atoms with Crippen LogP contribution in [0.1, 0.15) is 17.8 Å². The number of para-hydroxylation sites is 2. The number of nitrogens with zero attached hydrogens (tertiary/aromatic N) is 1. The first-order valence-electron chi connectivity index (χ1n) is 7.07. The first-order valence-corrected chi connectivity index (χ1v) is 7.95. The van der Waals surface area contributed by atoms with Gasteiger partial charge in [-0.15, -0.1) is 11.3 Å². The van der Waals surface area contributed by atoms with E-state index >= 15 is 0 Å². The van der Waals surface area contributed by atoms with E-state index in [9.17, 15) is 9.59 Å². The third-order valence-corrected chi connectivity index (χ3v) is 4.47. The van der Waals surface area contributed by atoms with Gasteiger partial charge in [0.2, 0.25) is 5.91 Å². The SMILES string of the molecule is CC(C(=O)NCCc1cccs1)n1c(=O)oc2ccccc21. The Morgan fingerprint density at radius 3 is 2.91 bits per heavy atom. The molecule has 5 nitrogen and oxygen atoms in total. The molecule has 1 N–H and O–H groups in total. The zero-order valence-corrected chi connectivity index (χ0v) is 12.9. The number of aromatic nitrogens is 1. The smallest absolute Gasteiger partial charge is 0.408 e. The number of carbonyl (C=O) groups excluding carboxylic acids is 1. The van der Waals surface area contributed by atoms with Crippen molar-refractivity contribution < 1.29 is 9.21 Å². The van der Waals surface area contributed by atoms with Crippen molar-refractivity contribution in [3.8, 4) is 0 Å². The van der Waals surface area contributed by atoms with Crippen LogP contribution in [0.3, 0.4) is 0 Å². The first kappa shape index (κ1) is 14.6. The van der Waals surface area contributed by atoms with E-state index in [2.05, 4.69) is 5.32 Å². The summed E-state index contributed by atoms with van der Waals surface area (Å²) in [5.74, 6) is -0.702. The lowest BCUT2D eigenvalue weighted by Gasteiger charge is -2.12. The van der Waals surface area contributed by atoms with Crippen molar-refractivity contribution in [2.45, 2.75) is 19.4 Å². The Balaban J connectivity index is 1.72. The molecule has 6 heteroatoms. The Morgan fingerprint density at radius 2 is 2.14 bits per heavy atom. The van der Waals surface area contributed by atoms with Crippen LogP contribution in [0.5, 0.6) is 0 Å². The van der Waals surface area contributed by atoms with Crippen LogP contribution in [-0.4, -0.2) is 17.0 Å². The molecule has 0 bridgehead atoms. The average Bonchev–Trinajstić information content (AvgIpc) is 3.13. The van der Waals surface area contributed by atoms with Gasteiger partial charge in [-0.1, -0.05) is 18.2 Å². The van der Waals surface area contributed by atoms with Crippen LogP contribution in [0.2, 0.25) is 0 Å². The molecule has 1 amide bonds. The zero-order chi connectivity index (χ0) is 15.5. The Labute approximate surface area is 131 Å². The monoisotopic (exact) mass is 316 g/mol. The highest BCUT2D eigenvalue weighted by atomic mass is 32.1. The maximum absolute atomic E-state index is 12.3. The quantitative estimate of drug-likeness (QED) is 0.787. The maximum Gasteiger partial charge on any atom is 0.420 e. The van der Waals surface area contributed by atoms with Gasteiger partial charge < -0.3 is 9.73 Å². The standard InChI is InChI=1S/C16H16N2O3S/c1-11(15(19)17-9-8-12-5-4-10-22-12)18-13-6-2-3-7-14(13)21-16(18)20/h2-7,10-11H,8-9H2,1H3,(H,17,19). The molecule has 2 aromatic heterocycles. The summed E-state index contributed by atoms with van der Waals surface area (Å²) in [7, 11) is 0. The summed E-state index contributed by atoms with van der Waals surface area (Å²) in [5, 5.41) is 4.88. The Kier molecular flexibility index (Phi) is 4.11. The minimum absolute atomic E-state index is 0.190. The second kappa shape index (κ2) is 6.19. The Morgan fingerprint density at radius 1 is 1.32 bits per heavy atom. The highest BCUT2D eigenvalue weighted by Crippen LogP contribution is 2.16. The van der Waals surface area contributed by atoms with Crippen LogP contribution in [0.15, 0.2) is 51.0 Å². The lowest BCUT2D eigenvalue weighted by atomic mass is 10.2. The fraction of sp³-hybridized carbons (Fsp3) is 0.250. The number of amides is 1. The lowest BCUT2D eigenvalue weighted by molar-refractivity contribution is -0.123. The largest absolute Gasteiger partial charge is 0.420 e. The highest BCUT2D eigenvalue weighted by molar-refractivity contribution is 7.09. The molecule has 3 rings (SSSR count). The molecule has 1 atom stereocenters. The molecule has 0 aliphatic carbocycles. The van der Waals surface area contributed by atoms with E-state index in [0.29, 0.717) is 17.6 Å². The molecule has 22 heavy (non-hydrogen) atoms. The van der Waals surface area contributed by atoms with Crippen LogP contribution < -0.4 is 11.1 Å². The summed E-state index contributed by atoms with van der Waals surface area (Å²) in [6, 6.07) is 10.5. The van der Waals surface area contributed by atoms with Gasteiger partial charge in [0.15, 0.2) is 5.58 Å². The fourth-order valence-corrected chi connectivity index (χ4v) is 3.09. The molecule has 0 saturated heterocycles. The molecule has 0 aliphatic rings. The van der Waals surface area contributed by atoms with E-state index in [0.717, 1.165) is 6.42 Å². The van der Waals surface area contributed by atoms with Crippen LogP contribution >= 0.6 is 11.3 Å². The van der Waals surface area contributed by atoms with Crippen LogP contribution in [0.4, 0.5) is 0 Å². The molecule has 1 unspecified atom stereocenters. The second-order valence-corrected chi connectivity index (χ2v) is 6.03. The van der Waals surface area contributed by atoms with Gasteiger partial charge in [-0.25, -0.2) is 4.79 Å². The number of oxazole rings is 1. The minimum atomic E-state index is -0.612. The number of carbonyl (C=O) groups is 1. The predicted octanol–water partition coefficient (Wildman–Crippen LogP) is 2.58. The average molecular weight is 316 g/mol. The number of hydrogen-bond acceptors (Lipinski definition) is 4. The van der Waals surface area contributed by atoms with Crippen molar-refractivity contribution in [3.05, 3.63) is 57.2 Å². The number of hydrogen-bond donors (Lipinski definition) is 1. The van der Waals surface area contributed by atoms with Gasteiger partial charge in [-0.2, -0.15) is 0 Å². The Hall–Kier alpha value is -2.34. The number of nitrogens with one attached hydrogen (secondary N) is 1. The zero-order valence-electron chi connectivity index (χ0n) is 12.1. The summed E-state index contributed by atoms with van der Waals surface area (Å²) in [6.45, 7) is 2.25. The van der Waals surface area contributed by atoms with Crippen molar-refractivity contribution >= 4 is 28.3 Å². The molecule has 0 radical (unpaired) electrons. The van der Waals surface area contributed by atoms with Crippen molar-refractivity contribution in [2.75, 3.05) is 6.54 Å². The van der Waals surface area contributed by atoms with Crippen molar-refractivity contribution in [1.82, 2.24) is 9.88 Å². The summed E-state index contributed by atoms with van der Waals surface area (Å²) in [4.78, 5) is 25.4. The molecule has 114 valence electrons. The molecule has 3 aromatic rings. The molecule has 0 aliphatic heterocycles. The number of thiophene rings is 1. The molecule has 1 aromatic carbocycles. The summed E-state index contributed by atoms with van der Waals surface area (Å²) in [5.41, 5.74) is 1.12. The van der Waals surface area contributed by atoms with E-state index in [-0.39, 0.29) is 5.91 Å². The maximum atomic E-state index is 12.3. The minimum Gasteiger partial charge on any atom is -0.408 e. The second-order valence-electron chi connectivity index (χ2n) is 5.00. The molecule has 0 saturated carbocycles. The van der Waals surface area contributed by atoms with Gasteiger partial charge >= 0.3 is 5.76 Å². The highest BCUT2D eigenvalue weighted by Gasteiger charge is 2.20. The number of benzene rings is 1. The van der Waals surface area contributed by atoms with E-state index < -0.39 is 11.8 Å². The third-order valence-electron chi connectivity index (χ3n) is 3.54. The number of rotatable bonds is 5. The van der Waals surface area contributed by atoms with Crippen molar-refractivity contribution in [1.29, 1.82) is 0 Å². The van der Waals surface area contributed by atoms with Crippen molar-refractivity contribution in [2.24, 2.45) is 0 Å². The normalized spacial score (nSPS) is 12.4. The van der Waals surface area contributed by atoms with Crippen molar-refractivity contribution in [3.63, 3.8) is 0 Å². The van der Waals surface area contributed by atoms with E-state index in [1.165, 1.54) is 9.44 Å². The topological polar surface area (TPSA) is 64.2 Å². The van der Waals surface area contributed by atoms with Gasteiger partial charge in [0.05, 0.1) is 5.52 Å². The van der Waals surface area contributed by atoms with Gasteiger partial charge in [-0.3, -0.25) is 9.36 Å². The van der Waals surface area contributed by atoms with E-state index in [1.54, 1.807) is 36.5 Å². The Bertz CT molecular complexity index is 833. The van der Waals surface area contributed by atoms with Gasteiger partial charge in [0.1, 0.15) is 6.04 Å². The van der Waals surface area contributed by atoms with Crippen LogP contribution in [-0.2, 0) is 11.2 Å². The molecule has 2 heterocycles. The lowest BCUT2D eigenvalue weighted by Crippen LogP contribution is -2.35. The van der Waals surface area contributed by atoms with E-state index in [4.69, 9.17) is 4.42 Å². The van der Waals surface area contributed by atoms with Crippen LogP contribution in [0.25, 0.3) is 11.1 Å². The summed E-state index contributed by atoms with van der Waals surface area (Å²) >= 11 is 1.66. The fourth-order valence-electron chi connectivity index (χ4n) is 2.38. The van der Waals surface area contributed by atoms with Gasteiger partial charge in [0.25, 0.3) is 0 Å². The molecular formula is C16H16N2O3S. The van der Waals surface area contributed by atoms with E-state index in [1.807, 2.05) is 23.6 Å². The van der Waals surface area contributed by atoms with Gasteiger partial charge in [0, 0.05) is 11.4 Å². The number of fused-ring (bicyclic) bond motifs is 1. The third kappa shape index (κ3) is 2.82. The first-order chi connectivity index (χ1) is 10.7. The van der Waals surface area contributed by atoms with Gasteiger partial charge in [-0.05, 0) is 36.9 Å². The summed E-state index contributed by atoms with van der Waals surface area (Å²) in [6.07, 6.45) is 0.789.